The number of nitrogens with zero attached hydrogens (tertiary/aromatic N) is 2. The van der Waals surface area contributed by atoms with Crippen molar-refractivity contribution in [2.45, 2.75) is 69.2 Å². The van der Waals surface area contributed by atoms with Gasteiger partial charge >= 0.3 is 0 Å². The molecule has 0 unspecified atom stereocenters. The average Bonchev–Trinajstić information content (AvgIpc) is 3.21. The highest BCUT2D eigenvalue weighted by atomic mass is 16.7. The number of rotatable bonds is 9. The number of hydroxylamine groups is 2. The Labute approximate surface area is 186 Å². The fraction of sp³-hybridized carbons (Fsp3) is 0.444. The van der Waals surface area contributed by atoms with E-state index in [2.05, 4.69) is 65.7 Å². The minimum Gasteiger partial charge on any atom is -0.375 e. The van der Waals surface area contributed by atoms with Gasteiger partial charge in [0.2, 0.25) is 0 Å². The molecule has 162 valence electrons. The van der Waals surface area contributed by atoms with Crippen LogP contribution in [0.4, 0.5) is 0 Å². The van der Waals surface area contributed by atoms with Crippen molar-refractivity contribution in [1.29, 1.82) is 5.26 Å². The monoisotopic (exact) mass is 416 g/mol. The number of hydrogen-bond acceptors (Lipinski definition) is 4. The lowest BCUT2D eigenvalue weighted by atomic mass is 9.78. The van der Waals surface area contributed by atoms with Crippen molar-refractivity contribution >= 4 is 0 Å². The van der Waals surface area contributed by atoms with E-state index in [9.17, 15) is 0 Å². The van der Waals surface area contributed by atoms with Gasteiger partial charge in [-0.2, -0.15) is 10.3 Å². The van der Waals surface area contributed by atoms with Gasteiger partial charge in [-0.05, 0) is 49.7 Å². The van der Waals surface area contributed by atoms with E-state index < -0.39 is 0 Å². The Morgan fingerprint density at radius 1 is 1.13 bits per heavy atom. The first-order chi connectivity index (χ1) is 15.3. The molecule has 3 atom stereocenters. The molecule has 0 N–H and O–H groups in total. The zero-order valence-electron chi connectivity index (χ0n) is 18.2. The average molecular weight is 417 g/mol. The molecule has 2 aliphatic heterocycles. The van der Waals surface area contributed by atoms with Gasteiger partial charge in [0.25, 0.3) is 0 Å². The Balaban J connectivity index is 1.45. The second-order valence-electron chi connectivity index (χ2n) is 8.73. The smallest absolute Gasteiger partial charge is 0.106 e. The number of nitriles is 1. The normalized spacial score (nSPS) is 26.0. The van der Waals surface area contributed by atoms with E-state index in [1.54, 1.807) is 6.08 Å². The Morgan fingerprint density at radius 3 is 2.68 bits per heavy atom. The summed E-state index contributed by atoms with van der Waals surface area (Å²) in [6.07, 6.45) is 11.3. The molecule has 2 heterocycles. The predicted octanol–water partition coefficient (Wildman–Crippen LogP) is 6.12. The lowest BCUT2D eigenvalue weighted by Gasteiger charge is -2.45. The van der Waals surface area contributed by atoms with E-state index in [1.807, 2.05) is 12.1 Å². The molecule has 4 heteroatoms. The van der Waals surface area contributed by atoms with E-state index >= 15 is 0 Å². The summed E-state index contributed by atoms with van der Waals surface area (Å²) in [7, 11) is 0. The summed E-state index contributed by atoms with van der Waals surface area (Å²) in [5, 5.41) is 11.1. The van der Waals surface area contributed by atoms with Crippen molar-refractivity contribution in [2.75, 3.05) is 6.61 Å². The molecule has 4 rings (SSSR count). The van der Waals surface area contributed by atoms with Crippen molar-refractivity contribution in [1.82, 2.24) is 5.06 Å². The molecule has 2 aliphatic rings. The summed E-state index contributed by atoms with van der Waals surface area (Å²) < 4.78 is 6.14. The van der Waals surface area contributed by atoms with Crippen LogP contribution in [-0.4, -0.2) is 23.3 Å². The van der Waals surface area contributed by atoms with Gasteiger partial charge in [0, 0.05) is 18.0 Å². The lowest BCUT2D eigenvalue weighted by Crippen LogP contribution is -2.53. The number of fused-ring (bicyclic) bond motifs is 1. The van der Waals surface area contributed by atoms with E-state index in [1.165, 1.54) is 17.5 Å². The molecule has 2 aromatic rings. The molecule has 0 saturated carbocycles. The van der Waals surface area contributed by atoms with Gasteiger partial charge in [-0.25, -0.2) is 0 Å². The van der Waals surface area contributed by atoms with Crippen LogP contribution in [-0.2, 0) is 16.2 Å². The number of allylic oxidation sites excluding steroid dienone is 2. The van der Waals surface area contributed by atoms with Crippen LogP contribution >= 0.6 is 0 Å². The number of benzene rings is 2. The summed E-state index contributed by atoms with van der Waals surface area (Å²) in [6, 6.07) is 23.3. The third kappa shape index (κ3) is 5.43. The van der Waals surface area contributed by atoms with Gasteiger partial charge in [0.15, 0.2) is 0 Å². The molecule has 2 saturated heterocycles. The summed E-state index contributed by atoms with van der Waals surface area (Å²) in [5.74, 6) is 0. The van der Waals surface area contributed by atoms with Crippen LogP contribution < -0.4 is 0 Å². The van der Waals surface area contributed by atoms with Gasteiger partial charge in [0.1, 0.15) is 6.10 Å². The lowest BCUT2D eigenvalue weighted by molar-refractivity contribution is -0.240. The van der Waals surface area contributed by atoms with Crippen LogP contribution in [0.5, 0.6) is 0 Å². The van der Waals surface area contributed by atoms with Crippen molar-refractivity contribution < 1.29 is 9.57 Å². The van der Waals surface area contributed by atoms with Gasteiger partial charge in [0.05, 0.1) is 25.3 Å². The fourth-order valence-electron chi connectivity index (χ4n) is 5.10. The van der Waals surface area contributed by atoms with Gasteiger partial charge in [-0.15, -0.1) is 0 Å². The van der Waals surface area contributed by atoms with E-state index in [0.29, 0.717) is 13.2 Å². The van der Waals surface area contributed by atoms with E-state index in [-0.39, 0.29) is 17.7 Å². The first-order valence-corrected chi connectivity index (χ1v) is 11.5. The van der Waals surface area contributed by atoms with E-state index in [0.717, 1.165) is 38.5 Å². The molecule has 0 aromatic heterocycles. The van der Waals surface area contributed by atoms with Gasteiger partial charge in [-0.1, -0.05) is 66.7 Å². The van der Waals surface area contributed by atoms with Crippen molar-refractivity contribution in [2.24, 2.45) is 0 Å². The van der Waals surface area contributed by atoms with E-state index in [4.69, 9.17) is 14.8 Å². The minimum atomic E-state index is 0.0556. The molecule has 0 bridgehead atoms. The van der Waals surface area contributed by atoms with Crippen molar-refractivity contribution in [3.63, 3.8) is 0 Å². The summed E-state index contributed by atoms with van der Waals surface area (Å²) >= 11 is 0. The Bertz CT molecular complexity index is 877. The second kappa shape index (κ2) is 10.7. The topological polar surface area (TPSA) is 45.5 Å². The molecule has 0 radical (unpaired) electrons. The first-order valence-electron chi connectivity index (χ1n) is 11.5. The van der Waals surface area contributed by atoms with Gasteiger partial charge in [-0.3, -0.25) is 4.84 Å². The maximum Gasteiger partial charge on any atom is 0.106 e. The Kier molecular flexibility index (Phi) is 7.53. The number of ether oxygens (including phenoxy) is 1. The predicted molar refractivity (Wildman–Crippen MR) is 122 cm³/mol. The molecule has 0 spiro atoms. The molecule has 4 nitrogen and oxygen atoms in total. The summed E-state index contributed by atoms with van der Waals surface area (Å²) in [4.78, 5) is 6.63. The SMILES string of the molecule is N#C/C=C\CCC[C@@]12CCC[C@@H](COCc3ccccc3)N1O[C@@H](c1ccccc1)C2. The largest absolute Gasteiger partial charge is 0.375 e. The van der Waals surface area contributed by atoms with Crippen molar-refractivity contribution in [3.8, 4) is 6.07 Å². The van der Waals surface area contributed by atoms with Crippen LogP contribution in [0.25, 0.3) is 0 Å². The standard InChI is InChI=1S/C27H32N2O2/c28-19-10-2-1-9-17-27-18-11-16-25(22-30-21-23-12-5-3-6-13-23)29(27)31-26(20-27)24-14-7-4-8-15-24/h2-8,10,12-15,25-26H,1,9,11,16-18,20-22H2/b10-2-/t25-,26+,27-/m0/s1. The highest BCUT2D eigenvalue weighted by Crippen LogP contribution is 2.50. The Morgan fingerprint density at radius 2 is 1.90 bits per heavy atom. The third-order valence-electron chi connectivity index (χ3n) is 6.58. The third-order valence-corrected chi connectivity index (χ3v) is 6.58. The molecular weight excluding hydrogens is 384 g/mol. The number of unbranched alkanes of at least 4 members (excludes halogenated alkanes) is 1. The summed E-state index contributed by atoms with van der Waals surface area (Å²) in [5.41, 5.74) is 2.52. The molecule has 0 aliphatic carbocycles. The van der Waals surface area contributed by atoms with Crippen LogP contribution in [0.15, 0.2) is 72.8 Å². The quantitative estimate of drug-likeness (QED) is 0.365. The molecule has 31 heavy (non-hydrogen) atoms. The maximum absolute atomic E-state index is 8.74. The number of hydrogen-bond donors (Lipinski definition) is 0. The highest BCUT2D eigenvalue weighted by molar-refractivity contribution is 5.20. The zero-order valence-corrected chi connectivity index (χ0v) is 18.2. The second-order valence-corrected chi connectivity index (χ2v) is 8.73. The Hall–Kier alpha value is -2.45. The molecule has 2 fully saturated rings. The van der Waals surface area contributed by atoms with Gasteiger partial charge < -0.3 is 4.74 Å². The van der Waals surface area contributed by atoms with Crippen LogP contribution in [0, 0.1) is 11.3 Å². The van der Waals surface area contributed by atoms with Crippen LogP contribution in [0.2, 0.25) is 0 Å². The fourth-order valence-corrected chi connectivity index (χ4v) is 5.10. The maximum atomic E-state index is 8.74. The highest BCUT2D eigenvalue weighted by Gasteiger charge is 2.51. The van der Waals surface area contributed by atoms with Crippen LogP contribution in [0.3, 0.4) is 0 Å². The zero-order chi connectivity index (χ0) is 21.4. The molecule has 2 aromatic carbocycles. The van der Waals surface area contributed by atoms with Crippen molar-refractivity contribution in [3.05, 3.63) is 83.9 Å². The first kappa shape index (κ1) is 21.8. The minimum absolute atomic E-state index is 0.0556. The molecule has 0 amide bonds. The summed E-state index contributed by atoms with van der Waals surface area (Å²) in [6.45, 7) is 1.33. The number of piperidine rings is 1. The molecular formula is C27H32N2O2. The van der Waals surface area contributed by atoms with Crippen LogP contribution in [0.1, 0.15) is 62.2 Å².